The highest BCUT2D eigenvalue weighted by Gasteiger charge is 2.14. The molecule has 0 radical (unpaired) electrons. The van der Waals surface area contributed by atoms with E-state index in [4.69, 9.17) is 0 Å². The van der Waals surface area contributed by atoms with Gasteiger partial charge < -0.3 is 10.2 Å². The number of carbonyl (C=O) groups is 1. The number of carbonyl (C=O) groups excluding carboxylic acids is 1. The summed E-state index contributed by atoms with van der Waals surface area (Å²) in [4.78, 5) is 27.6. The van der Waals surface area contributed by atoms with Crippen LogP contribution in [-0.2, 0) is 0 Å². The zero-order valence-electron chi connectivity index (χ0n) is 15.9. The van der Waals surface area contributed by atoms with Crippen LogP contribution in [0.4, 0.5) is 11.5 Å². The van der Waals surface area contributed by atoms with Crippen molar-refractivity contribution in [2.75, 3.05) is 24.3 Å². The molecular formula is C21H20N6O. The summed E-state index contributed by atoms with van der Waals surface area (Å²) in [5, 5.41) is 2.95. The molecule has 0 atom stereocenters. The van der Waals surface area contributed by atoms with E-state index in [1.807, 2.05) is 60.8 Å². The van der Waals surface area contributed by atoms with Crippen molar-refractivity contribution in [3.63, 3.8) is 0 Å². The van der Waals surface area contributed by atoms with Gasteiger partial charge in [0.1, 0.15) is 5.82 Å². The van der Waals surface area contributed by atoms with Gasteiger partial charge in [-0.3, -0.25) is 19.2 Å². The monoisotopic (exact) mass is 372 g/mol. The van der Waals surface area contributed by atoms with Gasteiger partial charge in [0.25, 0.3) is 5.91 Å². The van der Waals surface area contributed by atoms with Crippen molar-refractivity contribution < 1.29 is 4.79 Å². The van der Waals surface area contributed by atoms with Crippen LogP contribution in [0.1, 0.15) is 16.1 Å². The highest BCUT2D eigenvalue weighted by atomic mass is 16.1. The van der Waals surface area contributed by atoms with Crippen LogP contribution in [0.2, 0.25) is 0 Å². The quantitative estimate of drug-likeness (QED) is 0.594. The Morgan fingerprint density at radius 2 is 1.79 bits per heavy atom. The van der Waals surface area contributed by atoms with Crippen molar-refractivity contribution in [2.24, 2.45) is 0 Å². The van der Waals surface area contributed by atoms with Crippen molar-refractivity contribution in [2.45, 2.75) is 6.92 Å². The third-order valence-electron chi connectivity index (χ3n) is 4.54. The molecule has 0 spiro atoms. The first-order valence-electron chi connectivity index (χ1n) is 8.87. The molecule has 1 N–H and O–H groups in total. The van der Waals surface area contributed by atoms with Crippen LogP contribution in [0.25, 0.3) is 16.9 Å². The summed E-state index contributed by atoms with van der Waals surface area (Å²) in [6.07, 6.45) is 6.79. The number of imidazole rings is 1. The standard InChI is InChI=1S/C21H20N6O/c1-14-20(25-21(28)16-8-10-22-11-9-16)27-13-18(23-12-19(27)24-14)15-4-6-17(7-5-15)26(2)3/h4-13H,1-3H3,(H,25,28). The van der Waals surface area contributed by atoms with E-state index in [0.29, 0.717) is 17.0 Å². The summed E-state index contributed by atoms with van der Waals surface area (Å²) in [5.74, 6) is 0.423. The minimum atomic E-state index is -0.207. The van der Waals surface area contributed by atoms with E-state index in [0.717, 1.165) is 22.6 Å². The first-order chi connectivity index (χ1) is 13.5. The predicted molar refractivity (Wildman–Crippen MR) is 110 cm³/mol. The number of amides is 1. The number of hydrogen-bond donors (Lipinski definition) is 1. The molecule has 28 heavy (non-hydrogen) atoms. The van der Waals surface area contributed by atoms with Gasteiger partial charge in [0.05, 0.1) is 17.6 Å². The van der Waals surface area contributed by atoms with Crippen molar-refractivity contribution in [1.82, 2.24) is 19.4 Å². The van der Waals surface area contributed by atoms with Crippen LogP contribution in [0, 0.1) is 6.92 Å². The van der Waals surface area contributed by atoms with E-state index in [-0.39, 0.29) is 5.91 Å². The van der Waals surface area contributed by atoms with E-state index < -0.39 is 0 Å². The first-order valence-corrected chi connectivity index (χ1v) is 8.87. The summed E-state index contributed by atoms with van der Waals surface area (Å²) in [7, 11) is 4.01. The lowest BCUT2D eigenvalue weighted by molar-refractivity contribution is 0.102. The molecule has 0 bridgehead atoms. The Morgan fingerprint density at radius 1 is 1.07 bits per heavy atom. The molecule has 0 aliphatic rings. The molecule has 0 aliphatic carbocycles. The second-order valence-corrected chi connectivity index (χ2v) is 6.68. The molecule has 0 unspecified atom stereocenters. The van der Waals surface area contributed by atoms with Gasteiger partial charge in [0, 0.05) is 49.5 Å². The summed E-state index contributed by atoms with van der Waals surface area (Å²) < 4.78 is 1.86. The lowest BCUT2D eigenvalue weighted by Crippen LogP contribution is -2.14. The molecule has 3 aromatic heterocycles. The minimum Gasteiger partial charge on any atom is -0.378 e. The van der Waals surface area contributed by atoms with Crippen LogP contribution in [0.5, 0.6) is 0 Å². The SMILES string of the molecule is Cc1nc2cnc(-c3ccc(N(C)C)cc3)cn2c1NC(=O)c1ccncc1. The van der Waals surface area contributed by atoms with Crippen LogP contribution < -0.4 is 10.2 Å². The number of rotatable bonds is 4. The molecule has 140 valence electrons. The van der Waals surface area contributed by atoms with Crippen molar-refractivity contribution in [1.29, 1.82) is 0 Å². The summed E-state index contributed by atoms with van der Waals surface area (Å²) in [6, 6.07) is 11.5. The second kappa shape index (κ2) is 7.11. The fourth-order valence-electron chi connectivity index (χ4n) is 2.99. The highest BCUT2D eigenvalue weighted by molar-refractivity contribution is 6.04. The Balaban J connectivity index is 1.71. The van der Waals surface area contributed by atoms with Gasteiger partial charge in [-0.25, -0.2) is 4.98 Å². The molecule has 7 heteroatoms. The highest BCUT2D eigenvalue weighted by Crippen LogP contribution is 2.24. The van der Waals surface area contributed by atoms with Crippen LogP contribution in [0.15, 0.2) is 61.2 Å². The van der Waals surface area contributed by atoms with Gasteiger partial charge >= 0.3 is 0 Å². The molecule has 1 aromatic carbocycles. The number of hydrogen-bond acceptors (Lipinski definition) is 5. The van der Waals surface area contributed by atoms with Crippen molar-refractivity contribution in [3.05, 3.63) is 72.4 Å². The molecule has 3 heterocycles. The maximum Gasteiger partial charge on any atom is 0.256 e. The van der Waals surface area contributed by atoms with E-state index in [1.54, 1.807) is 30.7 Å². The summed E-state index contributed by atoms with van der Waals surface area (Å²) in [5.41, 5.74) is 4.85. The van der Waals surface area contributed by atoms with Gasteiger partial charge in [-0.2, -0.15) is 0 Å². The zero-order chi connectivity index (χ0) is 19.7. The van der Waals surface area contributed by atoms with Crippen LogP contribution >= 0.6 is 0 Å². The third-order valence-corrected chi connectivity index (χ3v) is 4.54. The Hall–Kier alpha value is -3.74. The topological polar surface area (TPSA) is 75.4 Å². The Morgan fingerprint density at radius 3 is 2.46 bits per heavy atom. The molecule has 4 aromatic rings. The molecule has 0 saturated carbocycles. The van der Waals surface area contributed by atoms with E-state index in [2.05, 4.69) is 20.3 Å². The van der Waals surface area contributed by atoms with Crippen LogP contribution in [0.3, 0.4) is 0 Å². The number of pyridine rings is 1. The molecule has 0 aliphatic heterocycles. The average molecular weight is 372 g/mol. The van der Waals surface area contributed by atoms with Gasteiger partial charge in [-0.15, -0.1) is 0 Å². The molecule has 0 fully saturated rings. The minimum absolute atomic E-state index is 0.207. The predicted octanol–water partition coefficient (Wildman–Crippen LogP) is 3.42. The molecule has 1 amide bonds. The maximum atomic E-state index is 12.6. The first kappa shape index (κ1) is 17.7. The maximum absolute atomic E-state index is 12.6. The largest absolute Gasteiger partial charge is 0.378 e. The van der Waals surface area contributed by atoms with Gasteiger partial charge in [0.15, 0.2) is 5.65 Å². The molecule has 4 rings (SSSR count). The average Bonchev–Trinajstić information content (AvgIpc) is 3.03. The molecular weight excluding hydrogens is 352 g/mol. The number of anilines is 2. The number of aromatic nitrogens is 4. The number of nitrogens with zero attached hydrogens (tertiary/aromatic N) is 5. The Labute approximate surface area is 162 Å². The third kappa shape index (κ3) is 3.29. The second-order valence-electron chi connectivity index (χ2n) is 6.68. The lowest BCUT2D eigenvalue weighted by atomic mass is 10.1. The molecule has 7 nitrogen and oxygen atoms in total. The Kier molecular flexibility index (Phi) is 4.49. The number of fused-ring (bicyclic) bond motifs is 1. The van der Waals surface area contributed by atoms with E-state index >= 15 is 0 Å². The lowest BCUT2D eigenvalue weighted by Gasteiger charge is -2.12. The summed E-state index contributed by atoms with van der Waals surface area (Å²) >= 11 is 0. The number of aryl methyl sites for hydroxylation is 1. The van der Waals surface area contributed by atoms with Gasteiger partial charge in [-0.1, -0.05) is 12.1 Å². The molecule has 0 saturated heterocycles. The van der Waals surface area contributed by atoms with Crippen molar-refractivity contribution in [3.8, 4) is 11.3 Å². The van der Waals surface area contributed by atoms with Gasteiger partial charge in [0.2, 0.25) is 0 Å². The van der Waals surface area contributed by atoms with E-state index in [9.17, 15) is 4.79 Å². The fraction of sp³-hybridized carbons (Fsp3) is 0.143. The Bertz CT molecular complexity index is 1130. The fourth-order valence-corrected chi connectivity index (χ4v) is 2.99. The summed E-state index contributed by atoms with van der Waals surface area (Å²) in [6.45, 7) is 1.86. The number of benzene rings is 1. The van der Waals surface area contributed by atoms with Crippen LogP contribution in [-0.4, -0.2) is 39.4 Å². The smallest absolute Gasteiger partial charge is 0.256 e. The zero-order valence-corrected chi connectivity index (χ0v) is 15.9. The normalized spacial score (nSPS) is 10.8. The van der Waals surface area contributed by atoms with E-state index in [1.165, 1.54) is 0 Å². The number of nitrogens with one attached hydrogen (secondary N) is 1. The van der Waals surface area contributed by atoms with Crippen molar-refractivity contribution >= 4 is 23.1 Å². The van der Waals surface area contributed by atoms with Gasteiger partial charge in [-0.05, 0) is 31.2 Å².